The van der Waals surface area contributed by atoms with Crippen molar-refractivity contribution in [3.8, 4) is 23.0 Å². The third-order valence-electron chi connectivity index (χ3n) is 5.05. The third-order valence-corrected chi connectivity index (χ3v) is 5.05. The Hall–Kier alpha value is -3.67. The van der Waals surface area contributed by atoms with E-state index in [1.807, 2.05) is 54.6 Å². The number of carbonyl (C=O) groups excluding carboxylic acids is 3. The maximum absolute atomic E-state index is 12.3. The molecule has 0 bridgehead atoms. The summed E-state index contributed by atoms with van der Waals surface area (Å²) in [5.41, 5.74) is 2.23. The molecule has 0 aliphatic heterocycles. The van der Waals surface area contributed by atoms with Gasteiger partial charge in [-0.2, -0.15) is 0 Å². The molecule has 8 nitrogen and oxygen atoms in total. The van der Waals surface area contributed by atoms with Crippen molar-refractivity contribution in [2.45, 2.75) is 39.3 Å². The number of hydrogen-bond donors (Lipinski definition) is 4. The Balaban J connectivity index is 1.90. The highest BCUT2D eigenvalue weighted by molar-refractivity contribution is 5.91. The summed E-state index contributed by atoms with van der Waals surface area (Å²) in [6, 6.07) is 16.5. The van der Waals surface area contributed by atoms with Crippen LogP contribution in [0.2, 0.25) is 0 Å². The van der Waals surface area contributed by atoms with E-state index < -0.39 is 41.7 Å². The van der Waals surface area contributed by atoms with E-state index >= 15 is 0 Å². The average Bonchev–Trinajstić information content (AvgIpc) is 2.81. The Kier molecular flexibility index (Phi) is 9.36. The van der Waals surface area contributed by atoms with Gasteiger partial charge in [-0.3, -0.25) is 19.6 Å². The average molecular weight is 466 g/mol. The van der Waals surface area contributed by atoms with Crippen LogP contribution in [0.4, 0.5) is 0 Å². The molecule has 8 heteroatoms. The maximum Gasteiger partial charge on any atom is 0.276 e. The van der Waals surface area contributed by atoms with Gasteiger partial charge in [-0.1, -0.05) is 75.1 Å². The molecule has 0 aromatic heterocycles. The Morgan fingerprint density at radius 1 is 1.00 bits per heavy atom. The summed E-state index contributed by atoms with van der Waals surface area (Å²) < 4.78 is 0. The lowest BCUT2D eigenvalue weighted by Crippen LogP contribution is -2.53. The van der Waals surface area contributed by atoms with E-state index in [-0.39, 0.29) is 11.6 Å². The van der Waals surface area contributed by atoms with Gasteiger partial charge in [-0.15, -0.1) is 0 Å². The molecule has 2 atom stereocenters. The lowest BCUT2D eigenvalue weighted by molar-refractivity contribution is -0.173. The highest BCUT2D eigenvalue weighted by Crippen LogP contribution is 2.20. The molecule has 0 saturated carbocycles. The fraction of sp³-hybridized carbons (Fsp3) is 0.346. The fourth-order valence-corrected chi connectivity index (χ4v) is 3.15. The summed E-state index contributed by atoms with van der Waals surface area (Å²) in [7, 11) is 1.45. The highest BCUT2D eigenvalue weighted by Gasteiger charge is 2.33. The maximum atomic E-state index is 12.3. The van der Waals surface area contributed by atoms with E-state index in [1.54, 1.807) is 20.8 Å². The molecule has 2 rings (SSSR count). The lowest BCUT2D eigenvalue weighted by Gasteiger charge is -2.30. The Bertz CT molecular complexity index is 1050. The van der Waals surface area contributed by atoms with Gasteiger partial charge in [-0.05, 0) is 28.7 Å². The van der Waals surface area contributed by atoms with Crippen LogP contribution in [-0.4, -0.2) is 58.8 Å². The first-order chi connectivity index (χ1) is 16.0. The van der Waals surface area contributed by atoms with E-state index in [2.05, 4.69) is 22.5 Å². The number of nitrogens with one attached hydrogen (secondary N) is 2. The first kappa shape index (κ1) is 26.6. The van der Waals surface area contributed by atoms with Crippen molar-refractivity contribution in [3.63, 3.8) is 0 Å². The standard InChI is InChI=1S/C26H31N3O5/c1-26(2,3)23(24(32)27-4)28-22(31)17-21(30)25(33)29(34)16-8-9-18-12-14-20(15-13-18)19-10-6-5-7-11-19/h5-7,10-15,21,23,30,34H,16-17H2,1-4H3,(H,27,32)(H,28,31)/t21-,23+/m0/s1. The molecule has 2 aromatic rings. The predicted molar refractivity (Wildman–Crippen MR) is 128 cm³/mol. The Labute approximate surface area is 199 Å². The van der Waals surface area contributed by atoms with Crippen molar-refractivity contribution < 1.29 is 24.7 Å². The second kappa shape index (κ2) is 12.0. The van der Waals surface area contributed by atoms with Gasteiger partial charge in [0.05, 0.1) is 6.42 Å². The second-order valence-electron chi connectivity index (χ2n) is 8.84. The van der Waals surface area contributed by atoms with Gasteiger partial charge in [0, 0.05) is 12.6 Å². The van der Waals surface area contributed by atoms with Crippen LogP contribution >= 0.6 is 0 Å². The summed E-state index contributed by atoms with van der Waals surface area (Å²) in [5.74, 6) is 3.36. The quantitative estimate of drug-likeness (QED) is 0.283. The minimum atomic E-state index is -1.78. The van der Waals surface area contributed by atoms with Crippen LogP contribution in [0.25, 0.3) is 11.1 Å². The Morgan fingerprint density at radius 2 is 1.59 bits per heavy atom. The van der Waals surface area contributed by atoms with Crippen LogP contribution in [-0.2, 0) is 14.4 Å². The SMILES string of the molecule is CNC(=O)[C@@H](NC(=O)C[C@H](O)C(=O)N(O)CC#Cc1ccc(-c2ccccc2)cc1)C(C)(C)C. The van der Waals surface area contributed by atoms with E-state index in [0.29, 0.717) is 5.56 Å². The number of aliphatic hydroxyl groups is 1. The number of likely N-dealkylation sites (N-methyl/N-ethyl adjacent to an activating group) is 1. The predicted octanol–water partition coefficient (Wildman–Crippen LogP) is 1.95. The van der Waals surface area contributed by atoms with Gasteiger partial charge in [0.2, 0.25) is 11.8 Å². The topological polar surface area (TPSA) is 119 Å². The summed E-state index contributed by atoms with van der Waals surface area (Å²) in [6.45, 7) is 4.98. The first-order valence-corrected chi connectivity index (χ1v) is 10.9. The zero-order valence-corrected chi connectivity index (χ0v) is 19.8. The number of carbonyl (C=O) groups is 3. The fourth-order valence-electron chi connectivity index (χ4n) is 3.15. The Morgan fingerprint density at radius 3 is 2.15 bits per heavy atom. The highest BCUT2D eigenvalue weighted by atomic mass is 16.5. The van der Waals surface area contributed by atoms with Crippen LogP contribution in [0.3, 0.4) is 0 Å². The molecule has 0 spiro atoms. The molecule has 0 heterocycles. The number of amides is 3. The van der Waals surface area contributed by atoms with Crippen LogP contribution < -0.4 is 10.6 Å². The molecular formula is C26H31N3O5. The molecule has 0 fully saturated rings. The third kappa shape index (κ3) is 7.73. The van der Waals surface area contributed by atoms with Crippen LogP contribution in [0.1, 0.15) is 32.8 Å². The van der Waals surface area contributed by atoms with Crippen molar-refractivity contribution in [3.05, 3.63) is 60.2 Å². The van der Waals surface area contributed by atoms with Gasteiger partial charge < -0.3 is 15.7 Å². The van der Waals surface area contributed by atoms with Crippen molar-refractivity contribution in [1.82, 2.24) is 15.7 Å². The largest absolute Gasteiger partial charge is 0.383 e. The molecule has 0 aliphatic carbocycles. The molecule has 3 amide bonds. The zero-order valence-electron chi connectivity index (χ0n) is 19.8. The number of rotatable bonds is 7. The first-order valence-electron chi connectivity index (χ1n) is 10.9. The van der Waals surface area contributed by atoms with Crippen LogP contribution in [0, 0.1) is 17.3 Å². The molecule has 180 valence electrons. The zero-order chi connectivity index (χ0) is 25.3. The van der Waals surface area contributed by atoms with Crippen molar-refractivity contribution in [1.29, 1.82) is 0 Å². The van der Waals surface area contributed by atoms with Crippen LogP contribution in [0.15, 0.2) is 54.6 Å². The van der Waals surface area contributed by atoms with Gasteiger partial charge in [0.1, 0.15) is 18.7 Å². The number of hydrogen-bond acceptors (Lipinski definition) is 5. The van der Waals surface area contributed by atoms with Gasteiger partial charge in [-0.25, -0.2) is 5.06 Å². The van der Waals surface area contributed by atoms with Crippen LogP contribution in [0.5, 0.6) is 0 Å². The minimum absolute atomic E-state index is 0.267. The number of hydroxylamine groups is 2. The summed E-state index contributed by atoms with van der Waals surface area (Å²) >= 11 is 0. The van der Waals surface area contributed by atoms with Gasteiger partial charge in [0.25, 0.3) is 5.91 Å². The molecule has 0 radical (unpaired) electrons. The molecule has 0 saturated heterocycles. The normalized spacial score (nSPS) is 12.5. The summed E-state index contributed by atoms with van der Waals surface area (Å²) in [6.07, 6.45) is -2.38. The molecule has 2 aromatic carbocycles. The smallest absolute Gasteiger partial charge is 0.276 e. The number of aliphatic hydroxyl groups excluding tert-OH is 1. The summed E-state index contributed by atoms with van der Waals surface area (Å²) in [5, 5.41) is 25.3. The van der Waals surface area contributed by atoms with Crippen molar-refractivity contribution in [2.75, 3.05) is 13.6 Å². The van der Waals surface area contributed by atoms with E-state index in [1.165, 1.54) is 7.05 Å². The molecule has 4 N–H and O–H groups in total. The van der Waals surface area contributed by atoms with Crippen molar-refractivity contribution >= 4 is 17.7 Å². The molecular weight excluding hydrogens is 434 g/mol. The second-order valence-corrected chi connectivity index (χ2v) is 8.84. The monoisotopic (exact) mass is 465 g/mol. The van der Waals surface area contributed by atoms with E-state index in [9.17, 15) is 24.7 Å². The molecule has 0 unspecified atom stereocenters. The van der Waals surface area contributed by atoms with Crippen molar-refractivity contribution in [2.24, 2.45) is 5.41 Å². The molecule has 0 aliphatic rings. The van der Waals surface area contributed by atoms with E-state index in [0.717, 1.165) is 11.1 Å². The molecule has 34 heavy (non-hydrogen) atoms. The number of benzene rings is 2. The van der Waals surface area contributed by atoms with Gasteiger partial charge in [0.15, 0.2) is 0 Å². The lowest BCUT2D eigenvalue weighted by atomic mass is 9.86. The van der Waals surface area contributed by atoms with Gasteiger partial charge >= 0.3 is 0 Å². The minimum Gasteiger partial charge on any atom is -0.383 e. The van der Waals surface area contributed by atoms with E-state index in [4.69, 9.17) is 0 Å². The summed E-state index contributed by atoms with van der Waals surface area (Å²) in [4.78, 5) is 36.5. The number of nitrogens with zero attached hydrogens (tertiary/aromatic N) is 1.